The largest absolute Gasteiger partial charge is 0.306 e. The number of likely N-dealkylation sites (tertiary alicyclic amines) is 1. The quantitative estimate of drug-likeness (QED) is 0.732. The van der Waals surface area contributed by atoms with Crippen LogP contribution in [-0.4, -0.2) is 30.8 Å². The molecule has 1 aromatic carbocycles. The van der Waals surface area contributed by atoms with E-state index in [4.69, 9.17) is 0 Å². The molecular formula is C20H25N5. The van der Waals surface area contributed by atoms with E-state index in [1.165, 1.54) is 35.4 Å². The Morgan fingerprint density at radius 1 is 1.16 bits per heavy atom. The normalized spacial score (nSPS) is 18.1. The van der Waals surface area contributed by atoms with E-state index < -0.39 is 0 Å². The van der Waals surface area contributed by atoms with Crippen molar-refractivity contribution in [3.63, 3.8) is 0 Å². The highest BCUT2D eigenvalue weighted by molar-refractivity contribution is 5.35. The summed E-state index contributed by atoms with van der Waals surface area (Å²) in [6.07, 6.45) is 8.09. The summed E-state index contributed by atoms with van der Waals surface area (Å²) < 4.78 is 4.05. The van der Waals surface area contributed by atoms with Gasteiger partial charge in [0.15, 0.2) is 0 Å². The van der Waals surface area contributed by atoms with Crippen molar-refractivity contribution in [2.45, 2.75) is 39.3 Å². The highest BCUT2D eigenvalue weighted by Gasteiger charge is 2.30. The van der Waals surface area contributed by atoms with Gasteiger partial charge in [-0.3, -0.25) is 9.58 Å². The van der Waals surface area contributed by atoms with Crippen molar-refractivity contribution < 1.29 is 0 Å². The highest BCUT2D eigenvalue weighted by Crippen LogP contribution is 2.36. The van der Waals surface area contributed by atoms with Gasteiger partial charge in [-0.1, -0.05) is 12.1 Å². The molecule has 3 heterocycles. The molecule has 1 fully saturated rings. The van der Waals surface area contributed by atoms with Crippen LogP contribution in [-0.2, 0) is 13.6 Å². The maximum absolute atomic E-state index is 4.62. The van der Waals surface area contributed by atoms with E-state index >= 15 is 0 Å². The zero-order valence-electron chi connectivity index (χ0n) is 15.2. The number of aryl methyl sites for hydroxylation is 2. The number of imidazole rings is 1. The Morgan fingerprint density at radius 2 is 1.96 bits per heavy atom. The fourth-order valence-corrected chi connectivity index (χ4v) is 4.03. The molecule has 25 heavy (non-hydrogen) atoms. The number of aromatic nitrogens is 4. The summed E-state index contributed by atoms with van der Waals surface area (Å²) in [5.74, 6) is 0. The number of hydrogen-bond acceptors (Lipinski definition) is 3. The molecule has 1 aliphatic heterocycles. The van der Waals surface area contributed by atoms with Gasteiger partial charge in [-0.25, -0.2) is 4.98 Å². The van der Waals surface area contributed by atoms with E-state index in [0.717, 1.165) is 18.8 Å². The molecule has 5 heteroatoms. The van der Waals surface area contributed by atoms with Crippen molar-refractivity contribution in [1.82, 2.24) is 24.2 Å². The molecule has 0 radical (unpaired) electrons. The Balaban J connectivity index is 1.53. The van der Waals surface area contributed by atoms with E-state index in [1.54, 1.807) is 6.20 Å². The van der Waals surface area contributed by atoms with Crippen LogP contribution in [0.15, 0.2) is 43.0 Å². The van der Waals surface area contributed by atoms with Gasteiger partial charge in [0.1, 0.15) is 0 Å². The van der Waals surface area contributed by atoms with Gasteiger partial charge < -0.3 is 4.57 Å². The van der Waals surface area contributed by atoms with Crippen LogP contribution in [0.5, 0.6) is 0 Å². The van der Waals surface area contributed by atoms with Crippen LogP contribution in [0.25, 0.3) is 5.69 Å². The second-order valence-corrected chi connectivity index (χ2v) is 6.97. The molecule has 1 aliphatic rings. The number of hydrogen-bond donors (Lipinski definition) is 0. The molecule has 1 atom stereocenters. The average Bonchev–Trinajstić information content (AvgIpc) is 3.32. The molecule has 0 aliphatic carbocycles. The van der Waals surface area contributed by atoms with Crippen molar-refractivity contribution in [1.29, 1.82) is 0 Å². The molecule has 0 amide bonds. The molecule has 130 valence electrons. The molecule has 0 spiro atoms. The van der Waals surface area contributed by atoms with E-state index in [9.17, 15) is 0 Å². The lowest BCUT2D eigenvalue weighted by Gasteiger charge is -2.25. The fourth-order valence-electron chi connectivity index (χ4n) is 4.03. The predicted octanol–water partition coefficient (Wildman–Crippen LogP) is 3.56. The minimum Gasteiger partial charge on any atom is -0.306 e. The predicted molar refractivity (Wildman–Crippen MR) is 98.6 cm³/mol. The summed E-state index contributed by atoms with van der Waals surface area (Å²) >= 11 is 0. The number of nitrogens with zero attached hydrogens (tertiary/aromatic N) is 5. The van der Waals surface area contributed by atoms with Crippen molar-refractivity contribution in [3.05, 3.63) is 65.5 Å². The van der Waals surface area contributed by atoms with Gasteiger partial charge in [-0.2, -0.15) is 5.10 Å². The van der Waals surface area contributed by atoms with Gasteiger partial charge in [-0.15, -0.1) is 0 Å². The summed E-state index contributed by atoms with van der Waals surface area (Å²) in [6, 6.07) is 9.29. The Kier molecular flexibility index (Phi) is 4.17. The minimum absolute atomic E-state index is 0.488. The Labute approximate surface area is 148 Å². The molecule has 4 rings (SSSR count). The van der Waals surface area contributed by atoms with Gasteiger partial charge in [0, 0.05) is 49.0 Å². The van der Waals surface area contributed by atoms with Gasteiger partial charge in [-0.05, 0) is 50.9 Å². The summed E-state index contributed by atoms with van der Waals surface area (Å²) in [6.45, 7) is 6.47. The zero-order valence-corrected chi connectivity index (χ0v) is 15.2. The lowest BCUT2D eigenvalue weighted by Crippen LogP contribution is -2.23. The summed E-state index contributed by atoms with van der Waals surface area (Å²) in [5.41, 5.74) is 6.40. The van der Waals surface area contributed by atoms with Crippen molar-refractivity contribution >= 4 is 0 Å². The van der Waals surface area contributed by atoms with Crippen LogP contribution in [0.2, 0.25) is 0 Å². The van der Waals surface area contributed by atoms with Crippen LogP contribution in [0, 0.1) is 13.8 Å². The first-order chi connectivity index (χ1) is 12.1. The third-order valence-electron chi connectivity index (χ3n) is 5.39. The monoisotopic (exact) mass is 335 g/mol. The third kappa shape index (κ3) is 3.00. The first-order valence-electron chi connectivity index (χ1n) is 8.95. The maximum Gasteiger partial charge on any atom is 0.0991 e. The summed E-state index contributed by atoms with van der Waals surface area (Å²) in [4.78, 5) is 6.71. The Morgan fingerprint density at radius 3 is 2.60 bits per heavy atom. The van der Waals surface area contributed by atoms with E-state index in [0.29, 0.717) is 6.04 Å². The van der Waals surface area contributed by atoms with Crippen LogP contribution in [0.4, 0.5) is 0 Å². The molecular weight excluding hydrogens is 310 g/mol. The molecule has 3 aromatic rings. The highest BCUT2D eigenvalue weighted by atomic mass is 15.3. The van der Waals surface area contributed by atoms with Gasteiger partial charge in [0.05, 0.1) is 12.0 Å². The smallest absolute Gasteiger partial charge is 0.0991 e. The SMILES string of the molecule is Cc1nn(C)c(C)c1[C@H]1CCCN1Cc1ccc(-n2ccnc2)cc1. The van der Waals surface area contributed by atoms with Crippen molar-refractivity contribution in [3.8, 4) is 5.69 Å². The second-order valence-electron chi connectivity index (χ2n) is 6.97. The van der Waals surface area contributed by atoms with Crippen molar-refractivity contribution in [2.24, 2.45) is 7.05 Å². The van der Waals surface area contributed by atoms with E-state index in [-0.39, 0.29) is 0 Å². The van der Waals surface area contributed by atoms with E-state index in [1.807, 2.05) is 28.8 Å². The van der Waals surface area contributed by atoms with E-state index in [2.05, 4.69) is 53.1 Å². The topological polar surface area (TPSA) is 38.9 Å². The fraction of sp³-hybridized carbons (Fsp3) is 0.400. The molecule has 0 N–H and O–H groups in total. The first kappa shape index (κ1) is 16.1. The zero-order chi connectivity index (χ0) is 17.4. The van der Waals surface area contributed by atoms with Crippen LogP contribution >= 0.6 is 0 Å². The lowest BCUT2D eigenvalue weighted by atomic mass is 10.0. The Hall–Kier alpha value is -2.40. The molecule has 2 aromatic heterocycles. The Bertz CT molecular complexity index is 845. The van der Waals surface area contributed by atoms with Crippen LogP contribution < -0.4 is 0 Å². The molecule has 0 bridgehead atoms. The van der Waals surface area contributed by atoms with Gasteiger partial charge in [0.2, 0.25) is 0 Å². The average molecular weight is 335 g/mol. The number of benzene rings is 1. The molecule has 1 saturated heterocycles. The minimum atomic E-state index is 0.488. The van der Waals surface area contributed by atoms with Gasteiger partial charge >= 0.3 is 0 Å². The summed E-state index contributed by atoms with van der Waals surface area (Å²) in [7, 11) is 2.04. The standard InChI is InChI=1S/C20H25N5/c1-15-20(16(2)23(3)22-15)19-5-4-11-24(19)13-17-6-8-18(9-7-17)25-12-10-21-14-25/h6-10,12,14,19H,4-5,11,13H2,1-3H3/t19-/m1/s1. The lowest BCUT2D eigenvalue weighted by molar-refractivity contribution is 0.247. The number of rotatable bonds is 4. The third-order valence-corrected chi connectivity index (χ3v) is 5.39. The van der Waals surface area contributed by atoms with Crippen molar-refractivity contribution in [2.75, 3.05) is 6.54 Å². The first-order valence-corrected chi connectivity index (χ1v) is 8.95. The molecule has 0 unspecified atom stereocenters. The molecule has 0 saturated carbocycles. The second kappa shape index (κ2) is 6.48. The molecule has 5 nitrogen and oxygen atoms in total. The summed E-state index contributed by atoms with van der Waals surface area (Å²) in [5, 5.41) is 4.62. The van der Waals surface area contributed by atoms with Crippen LogP contribution in [0.1, 0.15) is 41.4 Å². The van der Waals surface area contributed by atoms with Gasteiger partial charge in [0.25, 0.3) is 0 Å². The van der Waals surface area contributed by atoms with Crippen LogP contribution in [0.3, 0.4) is 0 Å². The maximum atomic E-state index is 4.62.